The molecular weight excluding hydrogens is 472 g/mol. The summed E-state index contributed by atoms with van der Waals surface area (Å²) in [4.78, 5) is 0. The predicted octanol–water partition coefficient (Wildman–Crippen LogP) is 7.72. The Hall–Kier alpha value is -4.00. The Morgan fingerprint density at radius 3 is 1.19 bits per heavy atom. The van der Waals surface area contributed by atoms with E-state index in [1.807, 2.05) is 55.5 Å². The average molecular weight is 497 g/mol. The molecule has 7 heteroatoms. The average Bonchev–Trinajstić information content (AvgIpc) is 2.93. The van der Waals surface area contributed by atoms with Crippen molar-refractivity contribution in [2.24, 2.45) is 0 Å². The summed E-state index contributed by atoms with van der Waals surface area (Å²) in [6, 6.07) is 21.7. The third kappa shape index (κ3) is 4.37. The van der Waals surface area contributed by atoms with Crippen molar-refractivity contribution in [2.75, 3.05) is 14.2 Å². The van der Waals surface area contributed by atoms with Gasteiger partial charge in [-0.15, -0.1) is 0 Å². The zero-order valence-corrected chi connectivity index (χ0v) is 20.2. The summed E-state index contributed by atoms with van der Waals surface area (Å²) < 4.78 is 72.3. The van der Waals surface area contributed by atoms with Crippen molar-refractivity contribution in [3.05, 3.63) is 118 Å². The van der Waals surface area contributed by atoms with Gasteiger partial charge in [0.05, 0.1) is 14.2 Å². The molecule has 0 aliphatic carbocycles. The summed E-state index contributed by atoms with van der Waals surface area (Å²) in [5.74, 6) is -5.85. The molecule has 0 aromatic heterocycles. The zero-order valence-electron chi connectivity index (χ0n) is 20.2. The first-order chi connectivity index (χ1) is 17.2. The van der Waals surface area contributed by atoms with E-state index in [4.69, 9.17) is 14.2 Å². The molecule has 0 radical (unpaired) electrons. The van der Waals surface area contributed by atoms with Gasteiger partial charge in [0.1, 0.15) is 17.2 Å². The van der Waals surface area contributed by atoms with E-state index in [2.05, 4.69) is 0 Å². The van der Waals surface area contributed by atoms with E-state index >= 15 is 0 Å². The second kappa shape index (κ2) is 9.93. The van der Waals surface area contributed by atoms with Crippen LogP contribution < -0.4 is 14.2 Å². The van der Waals surface area contributed by atoms with Crippen molar-refractivity contribution < 1.29 is 31.8 Å². The zero-order chi connectivity index (χ0) is 26.0. The minimum Gasteiger partial charge on any atom is -0.497 e. The van der Waals surface area contributed by atoms with Crippen LogP contribution in [0.4, 0.5) is 17.6 Å². The molecule has 0 unspecified atom stereocenters. The molecule has 0 saturated carbocycles. The lowest BCUT2D eigenvalue weighted by Crippen LogP contribution is -2.25. The van der Waals surface area contributed by atoms with Crippen LogP contribution in [0.3, 0.4) is 0 Å². The number of halogens is 4. The quantitative estimate of drug-likeness (QED) is 0.149. The molecule has 0 aliphatic heterocycles. The molecule has 0 fully saturated rings. The van der Waals surface area contributed by atoms with E-state index < -0.39 is 40.0 Å². The van der Waals surface area contributed by atoms with Crippen molar-refractivity contribution in [1.29, 1.82) is 0 Å². The van der Waals surface area contributed by atoms with Gasteiger partial charge in [-0.25, -0.2) is 8.78 Å². The minimum atomic E-state index is -1.59. The number of hydrogen-bond donors (Lipinski definition) is 0. The largest absolute Gasteiger partial charge is 0.497 e. The van der Waals surface area contributed by atoms with E-state index in [9.17, 15) is 17.6 Å². The summed E-state index contributed by atoms with van der Waals surface area (Å²) in [6.45, 7) is 2.99. The van der Waals surface area contributed by atoms with Crippen LogP contribution in [0.2, 0.25) is 0 Å². The fourth-order valence-electron chi connectivity index (χ4n) is 4.13. The van der Waals surface area contributed by atoms with Crippen LogP contribution in [-0.4, -0.2) is 14.2 Å². The molecule has 4 aromatic rings. The van der Waals surface area contributed by atoms with Gasteiger partial charge in [-0.1, -0.05) is 36.4 Å². The first-order valence-corrected chi connectivity index (χ1v) is 11.1. The Morgan fingerprint density at radius 2 is 0.861 bits per heavy atom. The molecule has 186 valence electrons. The number of ether oxygens (including phenoxy) is 3. The Morgan fingerprint density at radius 1 is 0.528 bits per heavy atom. The summed E-state index contributed by atoms with van der Waals surface area (Å²) in [6.07, 6.45) is 0. The topological polar surface area (TPSA) is 27.7 Å². The summed E-state index contributed by atoms with van der Waals surface area (Å²) in [5.41, 5.74) is 1.37. The van der Waals surface area contributed by atoms with Gasteiger partial charge in [-0.3, -0.25) is 0 Å². The number of methoxy groups -OCH3 is 2. The maximum atomic E-state index is 14.3. The van der Waals surface area contributed by atoms with Crippen LogP contribution in [0.15, 0.2) is 72.8 Å². The second-order valence-corrected chi connectivity index (χ2v) is 8.42. The molecule has 0 atom stereocenters. The third-order valence-corrected chi connectivity index (χ3v) is 6.43. The van der Waals surface area contributed by atoms with Gasteiger partial charge in [-0.2, -0.15) is 8.78 Å². The minimum absolute atomic E-state index is 0.0195. The van der Waals surface area contributed by atoms with Crippen molar-refractivity contribution in [3.63, 3.8) is 0 Å². The van der Waals surface area contributed by atoms with Crippen molar-refractivity contribution in [3.8, 4) is 23.0 Å². The molecule has 0 N–H and O–H groups in total. The maximum absolute atomic E-state index is 14.3. The highest BCUT2D eigenvalue weighted by atomic mass is 19.2. The summed E-state index contributed by atoms with van der Waals surface area (Å²) >= 11 is 0. The Labute approximate surface area is 206 Å². The van der Waals surface area contributed by atoms with Crippen LogP contribution in [0.1, 0.15) is 29.2 Å². The highest BCUT2D eigenvalue weighted by Gasteiger charge is 2.32. The highest BCUT2D eigenvalue weighted by Crippen LogP contribution is 2.41. The third-order valence-electron chi connectivity index (χ3n) is 6.43. The molecule has 0 spiro atoms. The Balaban J connectivity index is 1.76. The molecule has 4 aromatic carbocycles. The SMILES string of the molecule is COc1ccc(C(C)(c2ccc(OC)cc2)c2ccc(Oc3c(F)c(F)c(C)c(F)c3F)cc2)cc1. The fourth-order valence-corrected chi connectivity index (χ4v) is 4.13. The summed E-state index contributed by atoms with van der Waals surface area (Å²) in [5, 5.41) is 0. The number of hydrogen-bond acceptors (Lipinski definition) is 3. The van der Waals surface area contributed by atoms with Crippen LogP contribution in [-0.2, 0) is 5.41 Å². The van der Waals surface area contributed by atoms with Gasteiger partial charge in [-0.05, 0) is 66.9 Å². The number of rotatable bonds is 7. The van der Waals surface area contributed by atoms with Gasteiger partial charge in [0.2, 0.25) is 17.4 Å². The fraction of sp³-hybridized carbons (Fsp3) is 0.172. The molecule has 0 aliphatic rings. The lowest BCUT2D eigenvalue weighted by atomic mass is 9.71. The van der Waals surface area contributed by atoms with Crippen LogP contribution in [0, 0.1) is 30.2 Å². The van der Waals surface area contributed by atoms with Crippen molar-refractivity contribution >= 4 is 0 Å². The first kappa shape index (κ1) is 25.1. The van der Waals surface area contributed by atoms with Crippen molar-refractivity contribution in [1.82, 2.24) is 0 Å². The van der Waals surface area contributed by atoms with E-state index in [0.717, 1.165) is 23.6 Å². The molecule has 3 nitrogen and oxygen atoms in total. The Kier molecular flexibility index (Phi) is 6.93. The lowest BCUT2D eigenvalue weighted by Gasteiger charge is -2.32. The van der Waals surface area contributed by atoms with Gasteiger partial charge in [0.25, 0.3) is 0 Å². The summed E-state index contributed by atoms with van der Waals surface area (Å²) in [7, 11) is 3.18. The monoisotopic (exact) mass is 496 g/mol. The molecule has 0 heterocycles. The molecule has 0 bridgehead atoms. The van der Waals surface area contributed by atoms with Gasteiger partial charge in [0, 0.05) is 11.0 Å². The standard InChI is InChI=1S/C29H24F4O3/c1-17-24(30)26(32)28(27(33)25(17)31)36-23-15-9-20(10-16-23)29(2,18-5-11-21(34-3)12-6-18)19-7-13-22(35-4)14-8-19/h5-16H,1-4H3. The Bertz CT molecular complexity index is 1290. The van der Waals surface area contributed by atoms with Gasteiger partial charge >= 0.3 is 0 Å². The van der Waals surface area contributed by atoms with Gasteiger partial charge < -0.3 is 14.2 Å². The van der Waals surface area contributed by atoms with Crippen LogP contribution in [0.5, 0.6) is 23.0 Å². The normalized spacial score (nSPS) is 11.3. The van der Waals surface area contributed by atoms with Crippen LogP contribution >= 0.6 is 0 Å². The van der Waals surface area contributed by atoms with E-state index in [1.54, 1.807) is 26.4 Å². The second-order valence-electron chi connectivity index (χ2n) is 8.42. The molecule has 0 saturated heterocycles. The van der Waals surface area contributed by atoms with Crippen molar-refractivity contribution in [2.45, 2.75) is 19.3 Å². The molecule has 0 amide bonds. The molecule has 36 heavy (non-hydrogen) atoms. The van der Waals surface area contributed by atoms with Crippen LogP contribution in [0.25, 0.3) is 0 Å². The first-order valence-electron chi connectivity index (χ1n) is 11.1. The number of benzene rings is 4. The predicted molar refractivity (Wildman–Crippen MR) is 129 cm³/mol. The smallest absolute Gasteiger partial charge is 0.204 e. The van der Waals surface area contributed by atoms with E-state index in [0.29, 0.717) is 11.5 Å². The van der Waals surface area contributed by atoms with Gasteiger partial charge in [0.15, 0.2) is 11.6 Å². The van der Waals surface area contributed by atoms with E-state index in [1.165, 1.54) is 12.1 Å². The molecule has 4 rings (SSSR count). The highest BCUT2D eigenvalue weighted by molar-refractivity contribution is 5.52. The lowest BCUT2D eigenvalue weighted by molar-refractivity contribution is 0.362. The van der Waals surface area contributed by atoms with E-state index in [-0.39, 0.29) is 5.75 Å². The molecular formula is C29H24F4O3. The maximum Gasteiger partial charge on any atom is 0.204 e.